The Balaban J connectivity index is 1.58. The van der Waals surface area contributed by atoms with Gasteiger partial charge in [-0.3, -0.25) is 0 Å². The molecule has 1 aliphatic heterocycles. The minimum absolute atomic E-state index is 0.620. The van der Waals surface area contributed by atoms with Gasteiger partial charge in [0.05, 0.1) is 0 Å². The second kappa shape index (κ2) is 5.54. The average molecular weight is 258 g/mol. The Kier molecular flexibility index (Phi) is 3.79. The first-order valence-electron chi connectivity index (χ1n) is 7.80. The Bertz CT molecular complexity index is 423. The highest BCUT2D eigenvalue weighted by Gasteiger charge is 2.26. The fraction of sp³-hybridized carbons (Fsp3) is 0.647. The molecule has 3 rings (SSSR count). The maximum Gasteiger partial charge on any atom is 0.0369 e. The molecule has 1 aliphatic carbocycles. The molecule has 0 bridgehead atoms. The van der Waals surface area contributed by atoms with E-state index in [1.54, 1.807) is 0 Å². The lowest BCUT2D eigenvalue weighted by Crippen LogP contribution is -2.27. The largest absolute Gasteiger partial charge is 0.371 e. The minimum Gasteiger partial charge on any atom is -0.371 e. The van der Waals surface area contributed by atoms with Crippen LogP contribution in [0.5, 0.6) is 0 Å². The van der Waals surface area contributed by atoms with Crippen LogP contribution in [0.25, 0.3) is 0 Å². The first kappa shape index (κ1) is 13.0. The zero-order chi connectivity index (χ0) is 13.2. The van der Waals surface area contributed by atoms with Gasteiger partial charge in [-0.25, -0.2) is 0 Å². The van der Waals surface area contributed by atoms with Crippen LogP contribution in [0.1, 0.15) is 44.6 Å². The van der Waals surface area contributed by atoms with E-state index in [0.717, 1.165) is 12.0 Å². The van der Waals surface area contributed by atoms with Gasteiger partial charge in [-0.2, -0.15) is 0 Å². The molecule has 1 atom stereocenters. The Morgan fingerprint density at radius 2 is 2.11 bits per heavy atom. The molecule has 1 N–H and O–H groups in total. The topological polar surface area (TPSA) is 15.3 Å². The van der Waals surface area contributed by atoms with Gasteiger partial charge < -0.3 is 10.2 Å². The number of hydrogen-bond acceptors (Lipinski definition) is 2. The van der Waals surface area contributed by atoms with Crippen LogP contribution < -0.4 is 10.2 Å². The van der Waals surface area contributed by atoms with Gasteiger partial charge in [-0.15, -0.1) is 0 Å². The van der Waals surface area contributed by atoms with Crippen molar-refractivity contribution in [3.63, 3.8) is 0 Å². The molecule has 1 heterocycles. The van der Waals surface area contributed by atoms with Crippen molar-refractivity contribution in [2.24, 2.45) is 5.92 Å². The fourth-order valence-corrected chi connectivity index (χ4v) is 2.94. The summed E-state index contributed by atoms with van der Waals surface area (Å²) in [6.45, 7) is 8.20. The summed E-state index contributed by atoms with van der Waals surface area (Å²) in [5.74, 6) is 1.46. The number of benzene rings is 1. The van der Waals surface area contributed by atoms with E-state index in [0.29, 0.717) is 5.92 Å². The molecule has 0 radical (unpaired) electrons. The van der Waals surface area contributed by atoms with Crippen molar-refractivity contribution in [1.29, 1.82) is 0 Å². The zero-order valence-electron chi connectivity index (χ0n) is 12.2. The Labute approximate surface area is 117 Å². The maximum atomic E-state index is 3.67. The minimum atomic E-state index is 0.620. The summed E-state index contributed by atoms with van der Waals surface area (Å²) >= 11 is 0. The molecular weight excluding hydrogens is 232 g/mol. The SMILES string of the molecule is CC(C)c1cccc(N2CCC(CNC3CC3)C2)c1. The molecular formula is C17H26N2. The van der Waals surface area contributed by atoms with Crippen LogP contribution in [0.15, 0.2) is 24.3 Å². The van der Waals surface area contributed by atoms with E-state index >= 15 is 0 Å². The highest BCUT2D eigenvalue weighted by atomic mass is 15.2. The molecule has 104 valence electrons. The molecule has 1 aromatic carbocycles. The Morgan fingerprint density at radius 3 is 2.84 bits per heavy atom. The first-order valence-corrected chi connectivity index (χ1v) is 7.80. The molecule has 2 nitrogen and oxygen atoms in total. The molecule has 1 saturated heterocycles. The third-order valence-electron chi connectivity index (χ3n) is 4.46. The highest BCUT2D eigenvalue weighted by Crippen LogP contribution is 2.27. The molecule has 0 spiro atoms. The van der Waals surface area contributed by atoms with Crippen LogP contribution in [-0.2, 0) is 0 Å². The fourth-order valence-electron chi connectivity index (χ4n) is 2.94. The van der Waals surface area contributed by atoms with E-state index in [1.165, 1.54) is 50.1 Å². The molecule has 0 aromatic heterocycles. The van der Waals surface area contributed by atoms with Crippen molar-refractivity contribution >= 4 is 5.69 Å². The summed E-state index contributed by atoms with van der Waals surface area (Å²) in [5.41, 5.74) is 2.87. The summed E-state index contributed by atoms with van der Waals surface area (Å²) in [6, 6.07) is 9.94. The van der Waals surface area contributed by atoms with Gasteiger partial charge >= 0.3 is 0 Å². The normalized spacial score (nSPS) is 23.3. The molecule has 0 amide bonds. The van der Waals surface area contributed by atoms with E-state index in [4.69, 9.17) is 0 Å². The number of nitrogens with one attached hydrogen (secondary N) is 1. The Hall–Kier alpha value is -1.02. The molecule has 1 saturated carbocycles. The quantitative estimate of drug-likeness (QED) is 0.871. The monoisotopic (exact) mass is 258 g/mol. The lowest BCUT2D eigenvalue weighted by atomic mass is 10.0. The van der Waals surface area contributed by atoms with E-state index in [1.807, 2.05) is 0 Å². The maximum absolute atomic E-state index is 3.67. The van der Waals surface area contributed by atoms with Crippen molar-refractivity contribution < 1.29 is 0 Å². The predicted octanol–water partition coefficient (Wildman–Crippen LogP) is 3.39. The molecule has 1 aromatic rings. The van der Waals surface area contributed by atoms with Crippen LogP contribution in [0, 0.1) is 5.92 Å². The molecule has 2 fully saturated rings. The second-order valence-corrected chi connectivity index (χ2v) is 6.53. The van der Waals surface area contributed by atoms with Gasteiger partial charge in [-0.05, 0) is 55.3 Å². The van der Waals surface area contributed by atoms with Crippen LogP contribution in [0.4, 0.5) is 5.69 Å². The summed E-state index contributed by atoms with van der Waals surface area (Å²) in [7, 11) is 0. The molecule has 2 aliphatic rings. The zero-order valence-corrected chi connectivity index (χ0v) is 12.2. The summed E-state index contributed by atoms with van der Waals surface area (Å²) in [5, 5.41) is 3.67. The van der Waals surface area contributed by atoms with Gasteiger partial charge in [0.25, 0.3) is 0 Å². The molecule has 1 unspecified atom stereocenters. The van der Waals surface area contributed by atoms with Crippen molar-refractivity contribution in [1.82, 2.24) is 5.32 Å². The Morgan fingerprint density at radius 1 is 1.26 bits per heavy atom. The van der Waals surface area contributed by atoms with Gasteiger partial charge in [0.1, 0.15) is 0 Å². The van der Waals surface area contributed by atoms with E-state index < -0.39 is 0 Å². The number of rotatable bonds is 5. The first-order chi connectivity index (χ1) is 9.22. The van der Waals surface area contributed by atoms with E-state index in [9.17, 15) is 0 Å². The van der Waals surface area contributed by atoms with Gasteiger partial charge in [0, 0.05) is 24.8 Å². The van der Waals surface area contributed by atoms with E-state index in [2.05, 4.69) is 48.3 Å². The highest BCUT2D eigenvalue weighted by molar-refractivity contribution is 5.50. The van der Waals surface area contributed by atoms with Crippen molar-refractivity contribution in [3.8, 4) is 0 Å². The third kappa shape index (κ3) is 3.30. The summed E-state index contributed by atoms with van der Waals surface area (Å²) < 4.78 is 0. The number of anilines is 1. The van der Waals surface area contributed by atoms with Crippen molar-refractivity contribution in [2.75, 3.05) is 24.5 Å². The standard InChI is InChI=1S/C17H26N2/c1-13(2)15-4-3-5-17(10-15)19-9-8-14(12-19)11-18-16-6-7-16/h3-5,10,13-14,16,18H,6-9,11-12H2,1-2H3. The summed E-state index contributed by atoms with van der Waals surface area (Å²) in [4.78, 5) is 2.56. The van der Waals surface area contributed by atoms with Crippen LogP contribution >= 0.6 is 0 Å². The molecule has 2 heteroatoms. The van der Waals surface area contributed by atoms with Crippen LogP contribution in [-0.4, -0.2) is 25.7 Å². The number of hydrogen-bond donors (Lipinski definition) is 1. The van der Waals surface area contributed by atoms with Crippen LogP contribution in [0.2, 0.25) is 0 Å². The predicted molar refractivity (Wildman–Crippen MR) is 81.9 cm³/mol. The van der Waals surface area contributed by atoms with Crippen molar-refractivity contribution in [2.45, 2.75) is 45.1 Å². The molecule has 19 heavy (non-hydrogen) atoms. The average Bonchev–Trinajstić information content (AvgIpc) is 3.13. The third-order valence-corrected chi connectivity index (χ3v) is 4.46. The lowest BCUT2D eigenvalue weighted by molar-refractivity contribution is 0.515. The van der Waals surface area contributed by atoms with Gasteiger partial charge in [0.15, 0.2) is 0 Å². The smallest absolute Gasteiger partial charge is 0.0369 e. The number of nitrogens with zero attached hydrogens (tertiary/aromatic N) is 1. The van der Waals surface area contributed by atoms with Gasteiger partial charge in [0.2, 0.25) is 0 Å². The second-order valence-electron chi connectivity index (χ2n) is 6.53. The van der Waals surface area contributed by atoms with Crippen LogP contribution in [0.3, 0.4) is 0 Å². The van der Waals surface area contributed by atoms with E-state index in [-0.39, 0.29) is 0 Å². The van der Waals surface area contributed by atoms with Gasteiger partial charge in [-0.1, -0.05) is 26.0 Å². The summed E-state index contributed by atoms with van der Waals surface area (Å²) in [6.07, 6.45) is 4.13. The van der Waals surface area contributed by atoms with Crippen molar-refractivity contribution in [3.05, 3.63) is 29.8 Å². The lowest BCUT2D eigenvalue weighted by Gasteiger charge is -2.20.